The summed E-state index contributed by atoms with van der Waals surface area (Å²) in [7, 11) is 0. The maximum atomic E-state index is 12.5. The van der Waals surface area contributed by atoms with Gasteiger partial charge in [-0.05, 0) is 37.3 Å². The van der Waals surface area contributed by atoms with Gasteiger partial charge in [-0.15, -0.1) is 0 Å². The van der Waals surface area contributed by atoms with Crippen LogP contribution in [0.3, 0.4) is 0 Å². The molecule has 106 valence electrons. The molecule has 2 aromatic rings. The largest absolute Gasteiger partial charge is 0.294 e. The Morgan fingerprint density at radius 2 is 1.71 bits per heavy atom. The zero-order valence-corrected chi connectivity index (χ0v) is 12.4. The molecule has 21 heavy (non-hydrogen) atoms. The Labute approximate surface area is 126 Å². The first kappa shape index (κ1) is 13.8. The second-order valence-electron chi connectivity index (χ2n) is 5.80. The lowest BCUT2D eigenvalue weighted by atomic mass is 9.82. The zero-order chi connectivity index (χ0) is 14.7. The second-order valence-corrected chi connectivity index (χ2v) is 5.80. The molecule has 1 atom stereocenters. The number of hydrogen-bond acceptors (Lipinski definition) is 1. The molecule has 0 spiro atoms. The minimum Gasteiger partial charge on any atom is -0.294 e. The highest BCUT2D eigenvalue weighted by Gasteiger charge is 2.22. The first-order valence-electron chi connectivity index (χ1n) is 7.59. The number of hydrogen-bond donors (Lipinski definition) is 0. The number of benzene rings is 2. The van der Waals surface area contributed by atoms with Crippen molar-refractivity contribution in [2.24, 2.45) is 5.92 Å². The van der Waals surface area contributed by atoms with E-state index in [9.17, 15) is 4.79 Å². The number of Topliss-reactive ketones (excluding diaryl/α,β-unsaturated/α-hetero) is 1. The van der Waals surface area contributed by atoms with Crippen LogP contribution in [0, 0.1) is 12.8 Å². The molecule has 0 heterocycles. The van der Waals surface area contributed by atoms with Gasteiger partial charge in [0.25, 0.3) is 0 Å². The fraction of sp³-hybridized carbons (Fsp3) is 0.250. The van der Waals surface area contributed by atoms with Gasteiger partial charge in [-0.25, -0.2) is 0 Å². The van der Waals surface area contributed by atoms with Crippen LogP contribution in [0.15, 0.2) is 60.7 Å². The fourth-order valence-electron chi connectivity index (χ4n) is 2.94. The molecule has 1 nitrogen and oxygen atoms in total. The van der Waals surface area contributed by atoms with Gasteiger partial charge in [0.15, 0.2) is 5.78 Å². The molecule has 0 N–H and O–H groups in total. The molecule has 0 saturated carbocycles. The molecule has 1 heteroatoms. The Kier molecular flexibility index (Phi) is 4.01. The van der Waals surface area contributed by atoms with E-state index in [2.05, 4.69) is 30.3 Å². The molecule has 3 rings (SSSR count). The second kappa shape index (κ2) is 6.09. The molecular formula is C20H20O. The van der Waals surface area contributed by atoms with Crippen LogP contribution < -0.4 is 0 Å². The van der Waals surface area contributed by atoms with Gasteiger partial charge in [0, 0.05) is 11.5 Å². The van der Waals surface area contributed by atoms with Gasteiger partial charge >= 0.3 is 0 Å². The molecule has 1 aliphatic carbocycles. The van der Waals surface area contributed by atoms with Crippen LogP contribution in [-0.2, 0) is 0 Å². The average Bonchev–Trinajstić information content (AvgIpc) is 2.56. The topological polar surface area (TPSA) is 17.1 Å². The zero-order valence-electron chi connectivity index (χ0n) is 12.4. The van der Waals surface area contributed by atoms with Crippen LogP contribution in [0.2, 0.25) is 0 Å². The first-order chi connectivity index (χ1) is 10.2. The summed E-state index contributed by atoms with van der Waals surface area (Å²) in [6, 6.07) is 18.4. The van der Waals surface area contributed by atoms with E-state index >= 15 is 0 Å². The number of ketones is 1. The fourth-order valence-corrected chi connectivity index (χ4v) is 2.94. The quantitative estimate of drug-likeness (QED) is 0.716. The lowest BCUT2D eigenvalue weighted by Crippen LogP contribution is -2.17. The van der Waals surface area contributed by atoms with E-state index in [0.717, 1.165) is 24.8 Å². The Morgan fingerprint density at radius 1 is 1.00 bits per heavy atom. The third-order valence-electron chi connectivity index (χ3n) is 4.26. The molecule has 0 saturated heterocycles. The summed E-state index contributed by atoms with van der Waals surface area (Å²) < 4.78 is 0. The maximum Gasteiger partial charge on any atom is 0.166 e. The maximum absolute atomic E-state index is 12.5. The monoisotopic (exact) mass is 276 g/mol. The standard InChI is InChI=1S/C20H20O/c1-15-7-9-18(10-8-15)20(21)19-13-11-17(12-14-19)16-5-3-2-4-6-16/h2-11,19H,12-14H2,1H3. The van der Waals surface area contributed by atoms with Gasteiger partial charge in [-0.1, -0.05) is 66.2 Å². The number of allylic oxidation sites excluding steroid dienone is 2. The summed E-state index contributed by atoms with van der Waals surface area (Å²) >= 11 is 0. The molecule has 1 aliphatic rings. The van der Waals surface area contributed by atoms with E-state index < -0.39 is 0 Å². The average molecular weight is 276 g/mol. The van der Waals surface area contributed by atoms with Gasteiger partial charge in [-0.3, -0.25) is 4.79 Å². The van der Waals surface area contributed by atoms with Gasteiger partial charge in [0.2, 0.25) is 0 Å². The van der Waals surface area contributed by atoms with Crippen molar-refractivity contribution in [3.05, 3.63) is 77.4 Å². The Bertz CT molecular complexity index is 650. The van der Waals surface area contributed by atoms with Gasteiger partial charge in [-0.2, -0.15) is 0 Å². The van der Waals surface area contributed by atoms with Gasteiger partial charge in [0.05, 0.1) is 0 Å². The van der Waals surface area contributed by atoms with Crippen molar-refractivity contribution in [3.8, 4) is 0 Å². The summed E-state index contributed by atoms with van der Waals surface area (Å²) in [5.74, 6) is 0.429. The molecule has 0 bridgehead atoms. The molecule has 0 aliphatic heterocycles. The summed E-state index contributed by atoms with van der Waals surface area (Å²) in [4.78, 5) is 12.5. The minimum atomic E-state index is 0.139. The third-order valence-corrected chi connectivity index (χ3v) is 4.26. The van der Waals surface area contributed by atoms with Crippen molar-refractivity contribution in [1.82, 2.24) is 0 Å². The third kappa shape index (κ3) is 3.13. The van der Waals surface area contributed by atoms with Crippen LogP contribution >= 0.6 is 0 Å². The van der Waals surface area contributed by atoms with Crippen molar-refractivity contribution < 1.29 is 4.79 Å². The molecule has 2 aromatic carbocycles. The van der Waals surface area contributed by atoms with Crippen molar-refractivity contribution in [1.29, 1.82) is 0 Å². The first-order valence-corrected chi connectivity index (χ1v) is 7.59. The van der Waals surface area contributed by atoms with E-state index in [-0.39, 0.29) is 5.92 Å². The van der Waals surface area contributed by atoms with Crippen LogP contribution in [0.5, 0.6) is 0 Å². The Balaban J connectivity index is 1.72. The van der Waals surface area contributed by atoms with E-state index in [0.29, 0.717) is 5.78 Å². The molecule has 0 aromatic heterocycles. The summed E-state index contributed by atoms with van der Waals surface area (Å²) in [6.45, 7) is 2.05. The van der Waals surface area contributed by atoms with Crippen LogP contribution in [-0.4, -0.2) is 5.78 Å². The molecule has 0 fully saturated rings. The highest BCUT2D eigenvalue weighted by Crippen LogP contribution is 2.31. The van der Waals surface area contributed by atoms with Crippen LogP contribution in [0.1, 0.15) is 40.7 Å². The highest BCUT2D eigenvalue weighted by atomic mass is 16.1. The number of rotatable bonds is 3. The van der Waals surface area contributed by atoms with Crippen molar-refractivity contribution >= 4 is 11.4 Å². The molecular weight excluding hydrogens is 256 g/mol. The smallest absolute Gasteiger partial charge is 0.166 e. The van der Waals surface area contributed by atoms with E-state index in [4.69, 9.17) is 0 Å². The van der Waals surface area contributed by atoms with Crippen molar-refractivity contribution in [2.45, 2.75) is 26.2 Å². The predicted molar refractivity (Wildman–Crippen MR) is 87.3 cm³/mol. The lowest BCUT2D eigenvalue weighted by molar-refractivity contribution is 0.0913. The normalized spacial score (nSPS) is 18.1. The van der Waals surface area contributed by atoms with E-state index in [1.165, 1.54) is 16.7 Å². The SMILES string of the molecule is Cc1ccc(C(=O)C2CC=C(c3ccccc3)CC2)cc1. The van der Waals surface area contributed by atoms with Crippen molar-refractivity contribution in [3.63, 3.8) is 0 Å². The Hall–Kier alpha value is -2.15. The Morgan fingerprint density at radius 3 is 2.33 bits per heavy atom. The molecule has 1 unspecified atom stereocenters. The summed E-state index contributed by atoms with van der Waals surface area (Å²) in [5, 5.41) is 0. The van der Waals surface area contributed by atoms with Gasteiger partial charge in [0.1, 0.15) is 0 Å². The summed E-state index contributed by atoms with van der Waals surface area (Å²) in [6.07, 6.45) is 5.05. The van der Waals surface area contributed by atoms with Gasteiger partial charge < -0.3 is 0 Å². The minimum absolute atomic E-state index is 0.139. The lowest BCUT2D eigenvalue weighted by Gasteiger charge is -2.21. The molecule has 0 radical (unpaired) electrons. The van der Waals surface area contributed by atoms with E-state index in [1.807, 2.05) is 37.3 Å². The number of aryl methyl sites for hydroxylation is 1. The van der Waals surface area contributed by atoms with Crippen LogP contribution in [0.4, 0.5) is 0 Å². The summed E-state index contributed by atoms with van der Waals surface area (Å²) in [5.41, 5.74) is 4.71. The number of carbonyl (C=O) groups is 1. The van der Waals surface area contributed by atoms with E-state index in [1.54, 1.807) is 0 Å². The predicted octanol–water partition coefficient (Wildman–Crippen LogP) is 5.06. The highest BCUT2D eigenvalue weighted by molar-refractivity contribution is 5.98. The molecule has 0 amide bonds. The van der Waals surface area contributed by atoms with Crippen LogP contribution in [0.25, 0.3) is 5.57 Å². The number of carbonyl (C=O) groups excluding carboxylic acids is 1. The van der Waals surface area contributed by atoms with Crippen molar-refractivity contribution in [2.75, 3.05) is 0 Å².